The number of halogens is 2. The van der Waals surface area contributed by atoms with Gasteiger partial charge in [-0.2, -0.15) is 0 Å². The van der Waals surface area contributed by atoms with Crippen molar-refractivity contribution in [2.75, 3.05) is 6.61 Å². The van der Waals surface area contributed by atoms with E-state index < -0.39 is 23.6 Å². The van der Waals surface area contributed by atoms with Gasteiger partial charge in [-0.1, -0.05) is 64.4 Å². The zero-order valence-electron chi connectivity index (χ0n) is 16.8. The van der Waals surface area contributed by atoms with Gasteiger partial charge in [0.25, 0.3) is 0 Å². The molecule has 0 atom stereocenters. The maximum atomic E-state index is 13.1. The maximum Gasteiger partial charge on any atom is 0.306 e. The van der Waals surface area contributed by atoms with Crippen molar-refractivity contribution < 1.29 is 27.8 Å². The lowest BCUT2D eigenvalue weighted by molar-refractivity contribution is -0.151. The molecule has 0 heterocycles. The topological polar surface area (TPSA) is 52.6 Å². The third kappa shape index (κ3) is 11.7. The highest BCUT2D eigenvalue weighted by molar-refractivity contribution is 5.77. The summed E-state index contributed by atoms with van der Waals surface area (Å²) >= 11 is 0. The van der Waals surface area contributed by atoms with E-state index in [0.717, 1.165) is 31.4 Å². The van der Waals surface area contributed by atoms with Crippen LogP contribution in [0.25, 0.3) is 0 Å². The smallest absolute Gasteiger partial charge is 0.306 e. The molecule has 158 valence electrons. The Balaban J connectivity index is 1.99. The summed E-state index contributed by atoms with van der Waals surface area (Å²) in [6, 6.07) is 3.29. The molecule has 0 saturated heterocycles. The van der Waals surface area contributed by atoms with Gasteiger partial charge in [-0.3, -0.25) is 9.59 Å². The Hall–Kier alpha value is -1.98. The molecule has 0 aromatic heterocycles. The minimum absolute atomic E-state index is 0.0476. The Morgan fingerprint density at radius 3 is 1.96 bits per heavy atom. The fourth-order valence-electron chi connectivity index (χ4n) is 2.74. The summed E-state index contributed by atoms with van der Waals surface area (Å²) in [7, 11) is 0. The number of unbranched alkanes of at least 4 members (excludes halogenated alkanes) is 8. The van der Waals surface area contributed by atoms with Gasteiger partial charge >= 0.3 is 11.9 Å². The number of ether oxygens (including phenoxy) is 2. The van der Waals surface area contributed by atoms with Crippen LogP contribution < -0.4 is 0 Å². The summed E-state index contributed by atoms with van der Waals surface area (Å²) in [4.78, 5) is 23.2. The van der Waals surface area contributed by atoms with Crippen LogP contribution in [-0.4, -0.2) is 18.5 Å². The molecule has 0 aliphatic carbocycles. The quantitative estimate of drug-likeness (QED) is 0.274. The summed E-state index contributed by atoms with van der Waals surface area (Å²) in [5.41, 5.74) is 0.347. The zero-order valence-corrected chi connectivity index (χ0v) is 16.8. The number of hydrogen-bond donors (Lipinski definition) is 0. The lowest BCUT2D eigenvalue weighted by atomic mass is 10.1. The number of benzene rings is 1. The standard InChI is InChI=1S/C22H32F2O4/c1-2-3-4-5-6-7-8-9-10-15-27-21(25)13-14-22(26)28-17-18-11-12-19(23)20(24)16-18/h11-12,16H,2-10,13-15,17H2,1H3. The van der Waals surface area contributed by atoms with Gasteiger partial charge in [-0.05, 0) is 24.1 Å². The minimum Gasteiger partial charge on any atom is -0.466 e. The van der Waals surface area contributed by atoms with Gasteiger partial charge in [0.2, 0.25) is 0 Å². The molecule has 6 heteroatoms. The summed E-state index contributed by atoms with van der Waals surface area (Å²) in [6.07, 6.45) is 10.6. The molecule has 1 aromatic rings. The summed E-state index contributed by atoms with van der Waals surface area (Å²) in [6.45, 7) is 2.42. The van der Waals surface area contributed by atoms with E-state index in [1.165, 1.54) is 44.6 Å². The molecular formula is C22H32F2O4. The minimum atomic E-state index is -0.992. The highest BCUT2D eigenvalue weighted by atomic mass is 19.2. The third-order valence-corrected chi connectivity index (χ3v) is 4.43. The van der Waals surface area contributed by atoms with E-state index in [1.807, 2.05) is 0 Å². The molecule has 0 aliphatic heterocycles. The van der Waals surface area contributed by atoms with Crippen LogP contribution in [0.1, 0.15) is 83.1 Å². The van der Waals surface area contributed by atoms with Crippen molar-refractivity contribution in [3.05, 3.63) is 35.4 Å². The Labute approximate surface area is 166 Å². The molecule has 0 amide bonds. The normalized spacial score (nSPS) is 10.7. The molecule has 0 N–H and O–H groups in total. The number of rotatable bonds is 15. The van der Waals surface area contributed by atoms with Gasteiger partial charge in [0.05, 0.1) is 19.4 Å². The Bertz CT molecular complexity index is 590. The van der Waals surface area contributed by atoms with Crippen LogP contribution in [-0.2, 0) is 25.7 Å². The third-order valence-electron chi connectivity index (χ3n) is 4.43. The molecule has 0 saturated carbocycles. The van der Waals surface area contributed by atoms with Crippen LogP contribution in [0.2, 0.25) is 0 Å². The molecule has 0 bridgehead atoms. The van der Waals surface area contributed by atoms with Crippen molar-refractivity contribution in [1.82, 2.24) is 0 Å². The molecule has 0 unspecified atom stereocenters. The second-order valence-corrected chi connectivity index (χ2v) is 6.96. The first-order chi connectivity index (χ1) is 13.5. The average Bonchev–Trinajstić information content (AvgIpc) is 2.68. The maximum absolute atomic E-state index is 13.1. The largest absolute Gasteiger partial charge is 0.466 e. The molecule has 4 nitrogen and oxygen atoms in total. The zero-order chi connectivity index (χ0) is 20.6. The number of esters is 2. The van der Waals surface area contributed by atoms with Crippen LogP contribution in [0.15, 0.2) is 18.2 Å². The average molecular weight is 398 g/mol. The van der Waals surface area contributed by atoms with Gasteiger partial charge in [0, 0.05) is 0 Å². The summed E-state index contributed by atoms with van der Waals surface area (Å²) in [5.74, 6) is -2.95. The monoisotopic (exact) mass is 398 g/mol. The SMILES string of the molecule is CCCCCCCCCCCOC(=O)CCC(=O)OCc1ccc(F)c(F)c1. The summed E-state index contributed by atoms with van der Waals surface area (Å²) < 4.78 is 35.9. The van der Waals surface area contributed by atoms with Crippen molar-refractivity contribution in [3.63, 3.8) is 0 Å². The molecule has 0 aliphatic rings. The summed E-state index contributed by atoms with van der Waals surface area (Å²) in [5, 5.41) is 0. The molecule has 28 heavy (non-hydrogen) atoms. The molecular weight excluding hydrogens is 366 g/mol. The fourth-order valence-corrected chi connectivity index (χ4v) is 2.74. The number of carbonyl (C=O) groups is 2. The Morgan fingerprint density at radius 1 is 0.786 bits per heavy atom. The van der Waals surface area contributed by atoms with E-state index in [4.69, 9.17) is 9.47 Å². The second kappa shape index (κ2) is 15.0. The van der Waals surface area contributed by atoms with Crippen molar-refractivity contribution in [3.8, 4) is 0 Å². The molecule has 0 fully saturated rings. The fraction of sp³-hybridized carbons (Fsp3) is 0.636. The second-order valence-electron chi connectivity index (χ2n) is 6.96. The van der Waals surface area contributed by atoms with E-state index in [-0.39, 0.29) is 19.4 Å². The van der Waals surface area contributed by atoms with Gasteiger partial charge in [-0.25, -0.2) is 8.78 Å². The first-order valence-corrected chi connectivity index (χ1v) is 10.3. The Kier molecular flexibility index (Phi) is 12.9. The Morgan fingerprint density at radius 2 is 1.36 bits per heavy atom. The van der Waals surface area contributed by atoms with E-state index in [2.05, 4.69) is 6.92 Å². The highest BCUT2D eigenvalue weighted by Gasteiger charge is 2.10. The molecule has 1 aromatic carbocycles. The lowest BCUT2D eigenvalue weighted by Gasteiger charge is -2.06. The molecule has 0 spiro atoms. The molecule has 0 radical (unpaired) electrons. The molecule has 1 rings (SSSR count). The van der Waals surface area contributed by atoms with Gasteiger partial charge in [0.15, 0.2) is 11.6 Å². The van der Waals surface area contributed by atoms with Crippen LogP contribution in [0.5, 0.6) is 0 Å². The predicted octanol–water partition coefficient (Wildman–Crippen LogP) is 5.86. The van der Waals surface area contributed by atoms with Crippen molar-refractivity contribution in [2.24, 2.45) is 0 Å². The predicted molar refractivity (Wildman–Crippen MR) is 104 cm³/mol. The number of hydrogen-bond acceptors (Lipinski definition) is 4. The number of carbonyl (C=O) groups excluding carboxylic acids is 2. The first-order valence-electron chi connectivity index (χ1n) is 10.3. The van der Waals surface area contributed by atoms with Crippen LogP contribution >= 0.6 is 0 Å². The van der Waals surface area contributed by atoms with Crippen molar-refractivity contribution in [2.45, 2.75) is 84.2 Å². The van der Waals surface area contributed by atoms with Crippen molar-refractivity contribution in [1.29, 1.82) is 0 Å². The van der Waals surface area contributed by atoms with Gasteiger partial charge < -0.3 is 9.47 Å². The van der Waals surface area contributed by atoms with Crippen LogP contribution in [0.3, 0.4) is 0 Å². The van der Waals surface area contributed by atoms with E-state index in [0.29, 0.717) is 12.2 Å². The van der Waals surface area contributed by atoms with E-state index in [1.54, 1.807) is 0 Å². The highest BCUT2D eigenvalue weighted by Crippen LogP contribution is 2.11. The first kappa shape index (κ1) is 24.1. The van der Waals surface area contributed by atoms with E-state index in [9.17, 15) is 18.4 Å². The van der Waals surface area contributed by atoms with E-state index >= 15 is 0 Å². The van der Waals surface area contributed by atoms with Gasteiger partial charge in [-0.15, -0.1) is 0 Å². The van der Waals surface area contributed by atoms with Crippen LogP contribution in [0, 0.1) is 11.6 Å². The van der Waals surface area contributed by atoms with Crippen molar-refractivity contribution >= 4 is 11.9 Å². The van der Waals surface area contributed by atoms with Crippen LogP contribution in [0.4, 0.5) is 8.78 Å². The van der Waals surface area contributed by atoms with Gasteiger partial charge in [0.1, 0.15) is 6.61 Å². The lowest BCUT2D eigenvalue weighted by Crippen LogP contribution is -2.11.